The number of benzene rings is 3. The molecule has 0 saturated heterocycles. The first-order valence-electron chi connectivity index (χ1n) is 18.7. The molecule has 0 aromatic heterocycles. The Hall–Kier alpha value is -6.23. The first kappa shape index (κ1) is 47.1. The molecular formula is C43H46F4N4O8. The predicted molar refractivity (Wildman–Crippen MR) is 209 cm³/mol. The Bertz CT molecular complexity index is 1990. The van der Waals surface area contributed by atoms with Gasteiger partial charge >= 0.3 is 5.97 Å². The van der Waals surface area contributed by atoms with Crippen molar-refractivity contribution < 1.29 is 55.7 Å². The summed E-state index contributed by atoms with van der Waals surface area (Å²) in [6.07, 6.45) is 10.5. The normalized spacial score (nSPS) is 11.1. The number of hydrogen-bond acceptors (Lipinski definition) is 8. The Morgan fingerprint density at radius 3 is 2.15 bits per heavy atom. The predicted octanol–water partition coefficient (Wildman–Crippen LogP) is 4.79. The number of nitrogens with zero attached hydrogens (tertiary/aromatic N) is 1. The lowest BCUT2D eigenvalue weighted by molar-refractivity contribution is -0.135. The molecule has 1 atom stereocenters. The molecule has 0 bridgehead atoms. The molecule has 12 nitrogen and oxygen atoms in total. The topological polar surface area (TPSA) is 152 Å². The van der Waals surface area contributed by atoms with Crippen molar-refractivity contribution in [1.82, 2.24) is 16.0 Å². The van der Waals surface area contributed by atoms with Gasteiger partial charge in [0.2, 0.25) is 41.0 Å². The highest BCUT2D eigenvalue weighted by molar-refractivity contribution is 5.94. The minimum Gasteiger partial charge on any atom is -0.420 e. The molecule has 0 radical (unpaired) electrons. The monoisotopic (exact) mass is 822 g/mol. The zero-order chi connectivity index (χ0) is 43.2. The molecule has 0 aliphatic rings. The average molecular weight is 823 g/mol. The smallest absolute Gasteiger partial charge is 0.311 e. The Labute approximate surface area is 340 Å². The molecule has 59 heavy (non-hydrogen) atoms. The molecule has 3 rings (SSSR count). The van der Waals surface area contributed by atoms with Crippen LogP contribution in [0.3, 0.4) is 0 Å². The zero-order valence-corrected chi connectivity index (χ0v) is 32.6. The molecule has 0 saturated carbocycles. The third-order valence-electron chi connectivity index (χ3n) is 8.58. The van der Waals surface area contributed by atoms with Gasteiger partial charge in [0.25, 0.3) is 0 Å². The lowest BCUT2D eigenvalue weighted by Gasteiger charge is -2.25. The van der Waals surface area contributed by atoms with Crippen LogP contribution in [-0.2, 0) is 40.0 Å². The number of anilines is 1. The highest BCUT2D eigenvalue weighted by Crippen LogP contribution is 2.27. The number of terminal acetylenes is 2. The van der Waals surface area contributed by atoms with Crippen molar-refractivity contribution in [2.24, 2.45) is 0 Å². The maximum Gasteiger partial charge on any atom is 0.311 e. The number of para-hydroxylation sites is 1. The number of unbranched alkanes of at least 4 members (excludes halogenated alkanes) is 1. The number of rotatable bonds is 24. The van der Waals surface area contributed by atoms with E-state index in [1.54, 1.807) is 11.0 Å². The molecule has 4 amide bonds. The number of hydrogen-bond donors (Lipinski definition) is 3. The van der Waals surface area contributed by atoms with E-state index in [9.17, 15) is 41.5 Å². The maximum atomic E-state index is 13.9. The maximum absolute atomic E-state index is 13.9. The van der Waals surface area contributed by atoms with Crippen LogP contribution in [0.2, 0.25) is 0 Å². The van der Waals surface area contributed by atoms with Crippen molar-refractivity contribution in [3.8, 4) is 30.4 Å². The van der Waals surface area contributed by atoms with Crippen LogP contribution in [0, 0.1) is 54.9 Å². The fraction of sp³-hybridized carbons (Fsp3) is 0.372. The van der Waals surface area contributed by atoms with Crippen molar-refractivity contribution in [1.29, 1.82) is 0 Å². The van der Waals surface area contributed by atoms with Crippen molar-refractivity contribution >= 4 is 35.3 Å². The molecule has 3 N–H and O–H groups in total. The van der Waals surface area contributed by atoms with Crippen LogP contribution in [0.5, 0.6) is 5.75 Å². The van der Waals surface area contributed by atoms with Crippen LogP contribution in [-0.4, -0.2) is 75.2 Å². The highest BCUT2D eigenvalue weighted by Gasteiger charge is 2.25. The van der Waals surface area contributed by atoms with Crippen molar-refractivity contribution in [2.45, 2.75) is 64.5 Å². The Balaban J connectivity index is 1.53. The van der Waals surface area contributed by atoms with Crippen LogP contribution in [0.15, 0.2) is 54.6 Å². The summed E-state index contributed by atoms with van der Waals surface area (Å²) in [5.74, 6) is -7.19. The molecule has 3 aromatic rings. The van der Waals surface area contributed by atoms with Gasteiger partial charge in [0.05, 0.1) is 26.4 Å². The molecule has 16 heteroatoms. The van der Waals surface area contributed by atoms with Gasteiger partial charge in [0, 0.05) is 56.1 Å². The van der Waals surface area contributed by atoms with Crippen LogP contribution < -0.4 is 25.6 Å². The summed E-state index contributed by atoms with van der Waals surface area (Å²) < 4.78 is 69.6. The Kier molecular flexibility index (Phi) is 20.1. The second-order valence-corrected chi connectivity index (χ2v) is 13.0. The molecule has 314 valence electrons. The van der Waals surface area contributed by atoms with Crippen molar-refractivity contribution in [3.63, 3.8) is 0 Å². The average Bonchev–Trinajstić information content (AvgIpc) is 3.22. The Morgan fingerprint density at radius 1 is 0.780 bits per heavy atom. The van der Waals surface area contributed by atoms with Crippen molar-refractivity contribution in [2.75, 3.05) is 44.4 Å². The van der Waals surface area contributed by atoms with E-state index < -0.39 is 65.2 Å². The minimum atomic E-state index is -1.90. The fourth-order valence-electron chi connectivity index (χ4n) is 5.54. The molecule has 1 unspecified atom stereocenters. The van der Waals surface area contributed by atoms with E-state index >= 15 is 0 Å². The molecule has 0 aliphatic heterocycles. The minimum absolute atomic E-state index is 0.00789. The summed E-state index contributed by atoms with van der Waals surface area (Å²) in [5.41, 5.74) is 3.12. The molecule has 3 aromatic carbocycles. The van der Waals surface area contributed by atoms with E-state index in [4.69, 9.17) is 22.3 Å². The van der Waals surface area contributed by atoms with Crippen molar-refractivity contribution in [3.05, 3.63) is 94.6 Å². The van der Waals surface area contributed by atoms with Gasteiger partial charge in [-0.3, -0.25) is 24.0 Å². The molecule has 0 heterocycles. The number of amides is 4. The summed E-state index contributed by atoms with van der Waals surface area (Å²) in [6, 6.07) is 13.5. The van der Waals surface area contributed by atoms with Gasteiger partial charge < -0.3 is 35.1 Å². The van der Waals surface area contributed by atoms with Gasteiger partial charge in [-0.2, -0.15) is 8.78 Å². The van der Waals surface area contributed by atoms with Crippen LogP contribution in [0.1, 0.15) is 61.6 Å². The van der Waals surface area contributed by atoms with E-state index in [-0.39, 0.29) is 83.7 Å². The molecule has 0 fully saturated rings. The number of esters is 1. The number of halogens is 4. The number of nitrogens with one attached hydrogen (secondary N) is 3. The fourth-order valence-corrected chi connectivity index (χ4v) is 5.54. The summed E-state index contributed by atoms with van der Waals surface area (Å²) in [6.45, 7) is 2.53. The van der Waals surface area contributed by atoms with Gasteiger partial charge in [-0.25, -0.2) is 8.78 Å². The van der Waals surface area contributed by atoms with Gasteiger partial charge in [-0.05, 0) is 49.4 Å². The summed E-state index contributed by atoms with van der Waals surface area (Å²) in [5, 5.41) is 7.67. The SMILES string of the molecule is C#CCOCCOCCNC(=O)C(CNC(=O)CCCCC(=O)N(Cc1ccccc1C#C)c1ccccc1C)NC(=O)CCCC(=O)Oc1c(F)c(F)cc(F)c1F. The Morgan fingerprint density at radius 2 is 1.44 bits per heavy atom. The number of carbonyl (C=O) groups is 5. The second-order valence-electron chi connectivity index (χ2n) is 13.0. The highest BCUT2D eigenvalue weighted by atomic mass is 19.2. The van der Waals surface area contributed by atoms with Gasteiger partial charge in [-0.1, -0.05) is 48.2 Å². The summed E-state index contributed by atoms with van der Waals surface area (Å²) in [7, 11) is 0. The number of aryl methyl sites for hydroxylation is 1. The summed E-state index contributed by atoms with van der Waals surface area (Å²) in [4.78, 5) is 66.0. The second kappa shape index (κ2) is 25.2. The van der Waals surface area contributed by atoms with E-state index in [1.807, 2.05) is 49.4 Å². The zero-order valence-electron chi connectivity index (χ0n) is 32.6. The van der Waals surface area contributed by atoms with Gasteiger partial charge in [-0.15, -0.1) is 12.8 Å². The van der Waals surface area contributed by atoms with Crippen LogP contribution >= 0.6 is 0 Å². The summed E-state index contributed by atoms with van der Waals surface area (Å²) >= 11 is 0. The lowest BCUT2D eigenvalue weighted by Crippen LogP contribution is -2.53. The van der Waals surface area contributed by atoms with E-state index in [0.717, 1.165) is 16.8 Å². The third kappa shape index (κ3) is 15.9. The van der Waals surface area contributed by atoms with E-state index in [1.165, 1.54) is 0 Å². The largest absolute Gasteiger partial charge is 0.420 e. The van der Waals surface area contributed by atoms with E-state index in [0.29, 0.717) is 18.4 Å². The molecular weight excluding hydrogens is 776 g/mol. The van der Waals surface area contributed by atoms with Crippen LogP contribution in [0.25, 0.3) is 0 Å². The first-order chi connectivity index (χ1) is 28.4. The third-order valence-corrected chi connectivity index (χ3v) is 8.58. The molecule has 0 spiro atoms. The van der Waals surface area contributed by atoms with Gasteiger partial charge in [0.1, 0.15) is 12.6 Å². The lowest BCUT2D eigenvalue weighted by atomic mass is 10.1. The first-order valence-corrected chi connectivity index (χ1v) is 18.7. The van der Waals surface area contributed by atoms with Crippen LogP contribution in [0.4, 0.5) is 23.2 Å². The number of carbonyl (C=O) groups excluding carboxylic acids is 5. The number of ether oxygens (including phenoxy) is 3. The van der Waals surface area contributed by atoms with Gasteiger partial charge in [0.15, 0.2) is 11.6 Å². The standard InChI is InChI=1S/C43H46F4N4O8/c1-4-22-57-24-25-58-23-21-48-43(56)34(50-37(53)18-12-20-39(55)59-42-40(46)32(44)26-33(45)41(42)47)27-49-36(52)17-10-11-19-38(54)51(35-16-9-6-13-29(35)3)28-31-15-8-7-14-30(31)5-2/h1-2,6-9,13-16,26,34H,10-12,17-25,27-28H2,3H3,(H,48,56)(H,49,52)(H,50,53). The van der Waals surface area contributed by atoms with E-state index in [2.05, 4.69) is 32.5 Å². The quantitative estimate of drug-likeness (QED) is 0.0292. The molecule has 0 aliphatic carbocycles.